The number of nitrogens with zero attached hydrogens (tertiary/aromatic N) is 1. The molecule has 27 heavy (non-hydrogen) atoms. The highest BCUT2D eigenvalue weighted by atomic mass is 19.1. The summed E-state index contributed by atoms with van der Waals surface area (Å²) in [5.74, 6) is -1.75. The Bertz CT molecular complexity index is 678. The van der Waals surface area contributed by atoms with Crippen LogP contribution in [-0.4, -0.2) is 35.8 Å². The third-order valence-electron chi connectivity index (χ3n) is 6.02. The van der Waals surface area contributed by atoms with Gasteiger partial charge in [0.15, 0.2) is 0 Å². The van der Waals surface area contributed by atoms with E-state index in [1.54, 1.807) is 6.92 Å². The molecule has 2 aliphatic carbocycles. The molecule has 2 saturated carbocycles. The van der Waals surface area contributed by atoms with Gasteiger partial charge >= 0.3 is 0 Å². The standard InChI is InChI=1S/C20H27F2N3O2/c1-2-25(11-17(26)24-19-15(21)7-4-8-16(19)22)20(27)14-9-12-5-3-6-13(10-14)18(12)23/h4,7-8,12-14,18H,2-3,5-6,9-11,23H2,1H3,(H,24,26). The van der Waals surface area contributed by atoms with Crippen LogP contribution in [-0.2, 0) is 9.59 Å². The van der Waals surface area contributed by atoms with Gasteiger partial charge < -0.3 is 16.0 Å². The third kappa shape index (κ3) is 4.29. The van der Waals surface area contributed by atoms with Crippen LogP contribution in [0.4, 0.5) is 14.5 Å². The van der Waals surface area contributed by atoms with E-state index >= 15 is 0 Å². The van der Waals surface area contributed by atoms with E-state index < -0.39 is 23.2 Å². The summed E-state index contributed by atoms with van der Waals surface area (Å²) in [4.78, 5) is 26.7. The molecule has 3 N–H and O–H groups in total. The van der Waals surface area contributed by atoms with Crippen molar-refractivity contribution in [2.75, 3.05) is 18.4 Å². The summed E-state index contributed by atoms with van der Waals surface area (Å²) in [5.41, 5.74) is 5.81. The van der Waals surface area contributed by atoms with Crippen LogP contribution in [0.25, 0.3) is 0 Å². The first-order valence-corrected chi connectivity index (χ1v) is 9.69. The fourth-order valence-electron chi connectivity index (χ4n) is 4.56. The summed E-state index contributed by atoms with van der Waals surface area (Å²) in [5, 5.41) is 2.25. The van der Waals surface area contributed by atoms with E-state index in [-0.39, 0.29) is 24.4 Å². The van der Waals surface area contributed by atoms with E-state index in [2.05, 4.69) is 5.32 Å². The fourth-order valence-corrected chi connectivity index (χ4v) is 4.56. The Morgan fingerprint density at radius 2 is 1.78 bits per heavy atom. The normalized spacial score (nSPS) is 27.1. The first-order chi connectivity index (χ1) is 12.9. The number of fused-ring (bicyclic) bond motifs is 2. The molecule has 0 heterocycles. The van der Waals surface area contributed by atoms with Crippen LogP contribution in [0.2, 0.25) is 0 Å². The van der Waals surface area contributed by atoms with Gasteiger partial charge in [0.25, 0.3) is 0 Å². The van der Waals surface area contributed by atoms with Crippen molar-refractivity contribution in [3.05, 3.63) is 29.8 Å². The number of para-hydroxylation sites is 1. The van der Waals surface area contributed by atoms with E-state index in [4.69, 9.17) is 5.73 Å². The van der Waals surface area contributed by atoms with Crippen molar-refractivity contribution in [2.24, 2.45) is 23.5 Å². The quantitative estimate of drug-likeness (QED) is 0.826. The number of carbonyl (C=O) groups is 2. The fraction of sp³-hybridized carbons (Fsp3) is 0.600. The smallest absolute Gasteiger partial charge is 0.244 e. The Morgan fingerprint density at radius 3 is 2.33 bits per heavy atom. The molecule has 0 spiro atoms. The number of nitrogens with two attached hydrogens (primary N) is 1. The summed E-state index contributed by atoms with van der Waals surface area (Å²) >= 11 is 0. The lowest BCUT2D eigenvalue weighted by molar-refractivity contribution is -0.140. The highest BCUT2D eigenvalue weighted by molar-refractivity contribution is 5.95. The molecule has 2 fully saturated rings. The van der Waals surface area contributed by atoms with Gasteiger partial charge in [-0.05, 0) is 56.6 Å². The topological polar surface area (TPSA) is 75.4 Å². The zero-order chi connectivity index (χ0) is 19.6. The van der Waals surface area contributed by atoms with Gasteiger partial charge in [-0.15, -0.1) is 0 Å². The average molecular weight is 379 g/mol. The molecule has 0 radical (unpaired) electrons. The van der Waals surface area contributed by atoms with Crippen LogP contribution >= 0.6 is 0 Å². The Labute approximate surface area is 158 Å². The van der Waals surface area contributed by atoms with Gasteiger partial charge in [-0.25, -0.2) is 8.78 Å². The summed E-state index contributed by atoms with van der Waals surface area (Å²) in [6.45, 7) is 1.94. The Morgan fingerprint density at radius 1 is 1.19 bits per heavy atom. The number of amides is 2. The van der Waals surface area contributed by atoms with Crippen LogP contribution in [0.15, 0.2) is 18.2 Å². The van der Waals surface area contributed by atoms with Gasteiger partial charge in [0.1, 0.15) is 17.3 Å². The molecule has 0 aromatic heterocycles. The molecule has 0 saturated heterocycles. The van der Waals surface area contributed by atoms with E-state index in [1.807, 2.05) is 0 Å². The average Bonchev–Trinajstić information content (AvgIpc) is 2.62. The Hall–Kier alpha value is -2.02. The van der Waals surface area contributed by atoms with Crippen molar-refractivity contribution >= 4 is 17.5 Å². The minimum atomic E-state index is -0.841. The number of rotatable bonds is 5. The first kappa shape index (κ1) is 19.7. The maximum absolute atomic E-state index is 13.7. The number of nitrogens with one attached hydrogen (secondary N) is 1. The second-order valence-electron chi connectivity index (χ2n) is 7.69. The minimum Gasteiger partial charge on any atom is -0.333 e. The maximum atomic E-state index is 13.7. The van der Waals surface area contributed by atoms with Gasteiger partial charge in [-0.2, -0.15) is 0 Å². The molecule has 148 valence electrons. The van der Waals surface area contributed by atoms with Crippen LogP contribution in [0.3, 0.4) is 0 Å². The van der Waals surface area contributed by atoms with E-state index in [9.17, 15) is 18.4 Å². The number of anilines is 1. The Balaban J connectivity index is 1.63. The summed E-state index contributed by atoms with van der Waals surface area (Å²) in [6, 6.07) is 3.55. The van der Waals surface area contributed by atoms with Crippen molar-refractivity contribution in [3.63, 3.8) is 0 Å². The lowest BCUT2D eigenvalue weighted by atomic mass is 9.65. The van der Waals surface area contributed by atoms with Gasteiger partial charge in [0, 0.05) is 18.5 Å². The molecule has 5 nitrogen and oxygen atoms in total. The van der Waals surface area contributed by atoms with E-state index in [0.29, 0.717) is 18.4 Å². The lowest BCUT2D eigenvalue weighted by Gasteiger charge is -2.44. The van der Waals surface area contributed by atoms with Crippen LogP contribution < -0.4 is 11.1 Å². The number of carbonyl (C=O) groups excluding carboxylic acids is 2. The van der Waals surface area contributed by atoms with Gasteiger partial charge in [-0.1, -0.05) is 12.5 Å². The van der Waals surface area contributed by atoms with Gasteiger partial charge in [0.2, 0.25) is 11.8 Å². The van der Waals surface area contributed by atoms with Crippen molar-refractivity contribution < 1.29 is 18.4 Å². The largest absolute Gasteiger partial charge is 0.333 e. The third-order valence-corrected chi connectivity index (χ3v) is 6.02. The molecule has 2 bridgehead atoms. The highest BCUT2D eigenvalue weighted by Gasteiger charge is 2.41. The summed E-state index contributed by atoms with van der Waals surface area (Å²) < 4.78 is 27.4. The summed E-state index contributed by atoms with van der Waals surface area (Å²) in [6.07, 6.45) is 4.80. The molecule has 0 aliphatic heterocycles. The molecule has 2 aliphatic rings. The maximum Gasteiger partial charge on any atom is 0.244 e. The number of halogens is 2. The summed E-state index contributed by atoms with van der Waals surface area (Å²) in [7, 11) is 0. The lowest BCUT2D eigenvalue weighted by Crippen LogP contribution is -2.50. The Kier molecular flexibility index (Phi) is 6.09. The molecule has 1 aromatic rings. The van der Waals surface area contributed by atoms with Crippen molar-refractivity contribution in [3.8, 4) is 0 Å². The van der Waals surface area contributed by atoms with Gasteiger partial charge in [-0.3, -0.25) is 9.59 Å². The second kappa shape index (κ2) is 8.33. The molecule has 2 amide bonds. The molecular formula is C20H27F2N3O2. The minimum absolute atomic E-state index is 0.0644. The molecule has 2 atom stereocenters. The molecule has 2 unspecified atom stereocenters. The first-order valence-electron chi connectivity index (χ1n) is 9.69. The second-order valence-corrected chi connectivity index (χ2v) is 7.69. The zero-order valence-corrected chi connectivity index (χ0v) is 15.6. The number of likely N-dealkylation sites (N-methyl/N-ethyl adjacent to an activating group) is 1. The van der Waals surface area contributed by atoms with Crippen LogP contribution in [0.1, 0.15) is 39.0 Å². The highest BCUT2D eigenvalue weighted by Crippen LogP contribution is 2.42. The predicted octanol–water partition coefficient (Wildman–Crippen LogP) is 2.91. The van der Waals surface area contributed by atoms with Gasteiger partial charge in [0.05, 0.1) is 6.54 Å². The van der Waals surface area contributed by atoms with E-state index in [0.717, 1.165) is 44.2 Å². The van der Waals surface area contributed by atoms with Crippen molar-refractivity contribution in [1.29, 1.82) is 0 Å². The molecular weight excluding hydrogens is 352 g/mol. The number of hydrogen-bond donors (Lipinski definition) is 2. The SMILES string of the molecule is CCN(CC(=O)Nc1c(F)cccc1F)C(=O)C1CC2CCCC(C1)C2N. The molecule has 7 heteroatoms. The van der Waals surface area contributed by atoms with Crippen molar-refractivity contribution in [1.82, 2.24) is 4.90 Å². The monoisotopic (exact) mass is 379 g/mol. The van der Waals surface area contributed by atoms with Crippen LogP contribution in [0.5, 0.6) is 0 Å². The van der Waals surface area contributed by atoms with Crippen LogP contribution in [0, 0.1) is 29.4 Å². The molecule has 3 rings (SSSR count). The van der Waals surface area contributed by atoms with E-state index in [1.165, 1.54) is 11.0 Å². The number of benzene rings is 1. The zero-order valence-electron chi connectivity index (χ0n) is 15.6. The predicted molar refractivity (Wildman–Crippen MR) is 98.8 cm³/mol. The van der Waals surface area contributed by atoms with Crippen molar-refractivity contribution in [2.45, 2.75) is 45.1 Å². The molecule has 1 aromatic carbocycles. The number of hydrogen-bond acceptors (Lipinski definition) is 3.